The fourth-order valence-electron chi connectivity index (χ4n) is 2.60. The summed E-state index contributed by atoms with van der Waals surface area (Å²) in [6.07, 6.45) is 2.26. The van der Waals surface area contributed by atoms with E-state index in [4.69, 9.17) is 4.74 Å². The van der Waals surface area contributed by atoms with Crippen LogP contribution in [0.15, 0.2) is 16.1 Å². The van der Waals surface area contributed by atoms with Crippen LogP contribution in [0.4, 0.5) is 0 Å². The second kappa shape index (κ2) is 7.26. The van der Waals surface area contributed by atoms with E-state index in [9.17, 15) is 9.59 Å². The van der Waals surface area contributed by atoms with Gasteiger partial charge in [-0.2, -0.15) is 0 Å². The van der Waals surface area contributed by atoms with Gasteiger partial charge in [0.2, 0.25) is 0 Å². The van der Waals surface area contributed by atoms with Crippen LogP contribution in [-0.4, -0.2) is 65.5 Å². The van der Waals surface area contributed by atoms with Crippen molar-refractivity contribution in [1.29, 1.82) is 0 Å². The quantitative estimate of drug-likeness (QED) is 0.597. The second-order valence-corrected chi connectivity index (χ2v) is 6.39. The number of fused-ring (bicyclic) bond motifs is 1. The highest BCUT2D eigenvalue weighted by Gasteiger charge is 2.19. The SMILES string of the molecule is O=C(NCCCN1CCOCC1)c1cnc2n(c1=O)CCS2. The third-order valence-electron chi connectivity index (χ3n) is 3.84. The van der Waals surface area contributed by atoms with Crippen molar-refractivity contribution in [2.45, 2.75) is 18.1 Å². The van der Waals surface area contributed by atoms with Gasteiger partial charge >= 0.3 is 0 Å². The predicted octanol–water partition coefficient (Wildman–Crippen LogP) is -0.199. The molecule has 0 aliphatic carbocycles. The van der Waals surface area contributed by atoms with Crippen LogP contribution in [0.2, 0.25) is 0 Å². The van der Waals surface area contributed by atoms with Crippen LogP contribution in [0.5, 0.6) is 0 Å². The average Bonchev–Trinajstić information content (AvgIpc) is 3.02. The number of amides is 1. The van der Waals surface area contributed by atoms with Gasteiger partial charge in [-0.1, -0.05) is 11.8 Å². The van der Waals surface area contributed by atoms with E-state index in [1.54, 1.807) is 16.3 Å². The molecule has 1 fully saturated rings. The van der Waals surface area contributed by atoms with Gasteiger partial charge in [-0.05, 0) is 13.0 Å². The minimum absolute atomic E-state index is 0.137. The average molecular weight is 324 g/mol. The zero-order valence-corrected chi connectivity index (χ0v) is 13.2. The van der Waals surface area contributed by atoms with Crippen LogP contribution in [0.1, 0.15) is 16.8 Å². The first kappa shape index (κ1) is 15.5. The molecule has 1 N–H and O–H groups in total. The normalized spacial score (nSPS) is 18.2. The molecule has 2 aliphatic rings. The van der Waals surface area contributed by atoms with E-state index in [0.717, 1.165) is 45.0 Å². The highest BCUT2D eigenvalue weighted by atomic mass is 32.2. The fraction of sp³-hybridized carbons (Fsp3) is 0.643. The van der Waals surface area contributed by atoms with E-state index >= 15 is 0 Å². The molecule has 3 rings (SSSR count). The molecule has 7 nitrogen and oxygen atoms in total. The third-order valence-corrected chi connectivity index (χ3v) is 4.81. The van der Waals surface area contributed by atoms with Crippen molar-refractivity contribution in [3.05, 3.63) is 22.1 Å². The maximum atomic E-state index is 12.2. The van der Waals surface area contributed by atoms with Gasteiger partial charge in [0, 0.05) is 38.1 Å². The summed E-state index contributed by atoms with van der Waals surface area (Å²) in [7, 11) is 0. The number of nitrogens with one attached hydrogen (secondary N) is 1. The number of hydrogen-bond donors (Lipinski definition) is 1. The van der Waals surface area contributed by atoms with E-state index in [0.29, 0.717) is 18.2 Å². The molecular formula is C14H20N4O3S. The topological polar surface area (TPSA) is 76.5 Å². The predicted molar refractivity (Wildman–Crippen MR) is 83.4 cm³/mol. The van der Waals surface area contributed by atoms with Crippen LogP contribution in [0, 0.1) is 0 Å². The molecule has 3 heterocycles. The minimum Gasteiger partial charge on any atom is -0.379 e. The van der Waals surface area contributed by atoms with Crippen molar-refractivity contribution < 1.29 is 9.53 Å². The summed E-state index contributed by atoms with van der Waals surface area (Å²) in [5.74, 6) is 0.513. The molecular weight excluding hydrogens is 304 g/mol. The Balaban J connectivity index is 1.49. The van der Waals surface area contributed by atoms with Crippen LogP contribution in [-0.2, 0) is 11.3 Å². The Hall–Kier alpha value is -1.38. The lowest BCUT2D eigenvalue weighted by Crippen LogP contribution is -2.38. The minimum atomic E-state index is -0.327. The molecule has 1 aromatic rings. The zero-order valence-electron chi connectivity index (χ0n) is 12.4. The molecule has 1 amide bonds. The van der Waals surface area contributed by atoms with Gasteiger partial charge in [0.25, 0.3) is 11.5 Å². The lowest BCUT2D eigenvalue weighted by atomic mass is 10.3. The number of hydrogen-bond acceptors (Lipinski definition) is 6. The van der Waals surface area contributed by atoms with Gasteiger partial charge in [-0.3, -0.25) is 19.1 Å². The first-order valence-corrected chi connectivity index (χ1v) is 8.55. The van der Waals surface area contributed by atoms with Gasteiger partial charge in [-0.25, -0.2) is 4.98 Å². The maximum absolute atomic E-state index is 12.2. The van der Waals surface area contributed by atoms with Gasteiger partial charge < -0.3 is 10.1 Å². The Labute approximate surface area is 133 Å². The van der Waals surface area contributed by atoms with Crippen molar-refractivity contribution in [3.8, 4) is 0 Å². The number of carbonyl (C=O) groups is 1. The van der Waals surface area contributed by atoms with Gasteiger partial charge in [0.1, 0.15) is 5.56 Å². The molecule has 0 unspecified atom stereocenters. The van der Waals surface area contributed by atoms with Crippen LogP contribution in [0.25, 0.3) is 0 Å². The summed E-state index contributed by atoms with van der Waals surface area (Å²) in [6.45, 7) is 5.57. The summed E-state index contributed by atoms with van der Waals surface area (Å²) in [5.41, 5.74) is -0.0988. The van der Waals surface area contributed by atoms with Crippen molar-refractivity contribution in [3.63, 3.8) is 0 Å². The maximum Gasteiger partial charge on any atom is 0.267 e. The molecule has 1 saturated heterocycles. The van der Waals surface area contributed by atoms with E-state index in [-0.39, 0.29) is 17.0 Å². The van der Waals surface area contributed by atoms with Crippen molar-refractivity contribution >= 4 is 17.7 Å². The molecule has 0 spiro atoms. The standard InChI is InChI=1S/C14H20N4O3S/c19-12(15-2-1-3-17-4-7-21-8-5-17)11-10-16-14-18(13(11)20)6-9-22-14/h10H,1-9H2,(H,15,19). The van der Waals surface area contributed by atoms with Crippen LogP contribution < -0.4 is 10.9 Å². The van der Waals surface area contributed by atoms with Gasteiger partial charge in [0.15, 0.2) is 5.16 Å². The fourth-order valence-corrected chi connectivity index (χ4v) is 3.51. The van der Waals surface area contributed by atoms with E-state index in [1.807, 2.05) is 0 Å². The van der Waals surface area contributed by atoms with E-state index < -0.39 is 0 Å². The smallest absolute Gasteiger partial charge is 0.267 e. The number of thioether (sulfide) groups is 1. The largest absolute Gasteiger partial charge is 0.379 e. The number of morpholine rings is 1. The first-order chi connectivity index (χ1) is 10.8. The zero-order chi connectivity index (χ0) is 15.4. The molecule has 0 atom stereocenters. The highest BCUT2D eigenvalue weighted by Crippen LogP contribution is 2.20. The molecule has 120 valence electrons. The summed E-state index contributed by atoms with van der Waals surface area (Å²) in [6, 6.07) is 0. The number of aromatic nitrogens is 2. The summed E-state index contributed by atoms with van der Waals surface area (Å²) in [5, 5.41) is 3.52. The van der Waals surface area contributed by atoms with Crippen molar-refractivity contribution in [1.82, 2.24) is 19.8 Å². The third kappa shape index (κ3) is 3.50. The van der Waals surface area contributed by atoms with Crippen molar-refractivity contribution in [2.24, 2.45) is 0 Å². The molecule has 8 heteroatoms. The van der Waals surface area contributed by atoms with Gasteiger partial charge in [-0.15, -0.1) is 0 Å². The molecule has 0 radical (unpaired) electrons. The monoisotopic (exact) mass is 324 g/mol. The Morgan fingerprint density at radius 1 is 1.36 bits per heavy atom. The Morgan fingerprint density at radius 3 is 3.00 bits per heavy atom. The van der Waals surface area contributed by atoms with Crippen LogP contribution in [0.3, 0.4) is 0 Å². The second-order valence-electron chi connectivity index (χ2n) is 5.32. The number of carbonyl (C=O) groups excluding carboxylic acids is 1. The molecule has 22 heavy (non-hydrogen) atoms. The van der Waals surface area contributed by atoms with Crippen LogP contribution >= 0.6 is 11.8 Å². The Bertz CT molecular complexity index is 598. The molecule has 2 aliphatic heterocycles. The van der Waals surface area contributed by atoms with Crippen molar-refractivity contribution in [2.75, 3.05) is 45.1 Å². The molecule has 0 saturated carbocycles. The van der Waals surface area contributed by atoms with E-state index in [2.05, 4.69) is 15.2 Å². The molecule has 1 aromatic heterocycles. The first-order valence-electron chi connectivity index (χ1n) is 7.56. The summed E-state index contributed by atoms with van der Waals surface area (Å²) in [4.78, 5) is 30.8. The summed E-state index contributed by atoms with van der Waals surface area (Å²) >= 11 is 1.54. The Morgan fingerprint density at radius 2 is 2.18 bits per heavy atom. The van der Waals surface area contributed by atoms with Gasteiger partial charge in [0.05, 0.1) is 13.2 Å². The molecule has 0 bridgehead atoms. The number of nitrogens with zero attached hydrogens (tertiary/aromatic N) is 3. The molecule has 0 aromatic carbocycles. The Kier molecular flexibility index (Phi) is 5.12. The lowest BCUT2D eigenvalue weighted by molar-refractivity contribution is 0.0374. The number of ether oxygens (including phenoxy) is 1. The lowest BCUT2D eigenvalue weighted by Gasteiger charge is -2.26. The summed E-state index contributed by atoms with van der Waals surface area (Å²) < 4.78 is 6.87. The number of rotatable bonds is 5. The highest BCUT2D eigenvalue weighted by molar-refractivity contribution is 7.99. The van der Waals surface area contributed by atoms with E-state index in [1.165, 1.54) is 6.20 Å².